The van der Waals surface area contributed by atoms with E-state index in [0.717, 1.165) is 16.8 Å². The quantitative estimate of drug-likeness (QED) is 0.798. The zero-order valence-corrected chi connectivity index (χ0v) is 16.8. The van der Waals surface area contributed by atoms with E-state index in [2.05, 4.69) is 0 Å². The van der Waals surface area contributed by atoms with Crippen LogP contribution in [0.1, 0.15) is 18.1 Å². The summed E-state index contributed by atoms with van der Waals surface area (Å²) in [5, 5.41) is 0. The first-order chi connectivity index (χ1) is 13.4. The van der Waals surface area contributed by atoms with Crippen LogP contribution in [0.3, 0.4) is 0 Å². The molecule has 1 aliphatic rings. The summed E-state index contributed by atoms with van der Waals surface area (Å²) in [7, 11) is 3.14. The second kappa shape index (κ2) is 8.33. The van der Waals surface area contributed by atoms with Crippen LogP contribution in [0.5, 0.6) is 11.5 Å². The van der Waals surface area contributed by atoms with Crippen LogP contribution in [0, 0.1) is 6.92 Å². The Labute approximate surface area is 165 Å². The predicted molar refractivity (Wildman–Crippen MR) is 108 cm³/mol. The van der Waals surface area contributed by atoms with Gasteiger partial charge in [-0.2, -0.15) is 0 Å². The first kappa shape index (κ1) is 19.7. The van der Waals surface area contributed by atoms with E-state index in [4.69, 9.17) is 9.47 Å². The number of carbonyl (C=O) groups excluding carboxylic acids is 2. The van der Waals surface area contributed by atoms with Crippen molar-refractivity contribution >= 4 is 17.5 Å². The Kier molecular flexibility index (Phi) is 5.87. The number of piperazine rings is 1. The minimum absolute atomic E-state index is 0.0640. The summed E-state index contributed by atoms with van der Waals surface area (Å²) in [4.78, 5) is 29.0. The molecule has 1 heterocycles. The standard InChI is InChI=1S/C22H26N2O4/c1-15-6-5-7-18(10-15)24-13-16(2)23(14-22(24)26)21(25)12-17-8-9-19(27-3)20(11-17)28-4/h5-11,16H,12-14H2,1-4H3/t16-/m0/s1. The summed E-state index contributed by atoms with van der Waals surface area (Å²) in [6.45, 7) is 4.54. The van der Waals surface area contributed by atoms with E-state index in [0.29, 0.717) is 18.0 Å². The molecule has 0 spiro atoms. The Morgan fingerprint density at radius 2 is 1.86 bits per heavy atom. The fourth-order valence-corrected chi connectivity index (χ4v) is 3.50. The van der Waals surface area contributed by atoms with Crippen LogP contribution in [0.25, 0.3) is 0 Å². The third kappa shape index (κ3) is 4.11. The average Bonchev–Trinajstić information content (AvgIpc) is 2.69. The lowest BCUT2D eigenvalue weighted by atomic mass is 10.1. The van der Waals surface area contributed by atoms with Crippen molar-refractivity contribution in [3.8, 4) is 11.5 Å². The fraction of sp³-hybridized carbons (Fsp3) is 0.364. The van der Waals surface area contributed by atoms with Crippen molar-refractivity contribution in [2.75, 3.05) is 32.2 Å². The second-order valence-electron chi connectivity index (χ2n) is 7.08. The Morgan fingerprint density at radius 1 is 1.11 bits per heavy atom. The number of methoxy groups -OCH3 is 2. The van der Waals surface area contributed by atoms with E-state index in [1.807, 2.05) is 44.2 Å². The number of hydrogen-bond donors (Lipinski definition) is 0. The van der Waals surface area contributed by atoms with E-state index >= 15 is 0 Å². The summed E-state index contributed by atoms with van der Waals surface area (Å²) in [6.07, 6.45) is 0.211. The van der Waals surface area contributed by atoms with Crippen molar-refractivity contribution in [3.05, 3.63) is 53.6 Å². The molecule has 1 atom stereocenters. The van der Waals surface area contributed by atoms with E-state index < -0.39 is 0 Å². The number of aryl methyl sites for hydroxylation is 1. The summed E-state index contributed by atoms with van der Waals surface area (Å²) >= 11 is 0. The minimum Gasteiger partial charge on any atom is -0.493 e. The van der Waals surface area contributed by atoms with Gasteiger partial charge in [0.1, 0.15) is 6.54 Å². The van der Waals surface area contributed by atoms with Gasteiger partial charge in [0.15, 0.2) is 11.5 Å². The zero-order chi connectivity index (χ0) is 20.3. The molecular weight excluding hydrogens is 356 g/mol. The smallest absolute Gasteiger partial charge is 0.246 e. The lowest BCUT2D eigenvalue weighted by molar-refractivity contribution is -0.138. The van der Waals surface area contributed by atoms with Crippen LogP contribution < -0.4 is 14.4 Å². The molecule has 0 bridgehead atoms. The molecule has 0 N–H and O–H groups in total. The molecule has 2 aromatic carbocycles. The molecule has 1 fully saturated rings. The minimum atomic E-state index is -0.0723. The van der Waals surface area contributed by atoms with Crippen molar-refractivity contribution in [1.29, 1.82) is 0 Å². The van der Waals surface area contributed by atoms with Gasteiger partial charge in [-0.15, -0.1) is 0 Å². The van der Waals surface area contributed by atoms with Crippen LogP contribution in [0.15, 0.2) is 42.5 Å². The molecule has 2 aromatic rings. The van der Waals surface area contributed by atoms with Crippen LogP contribution in [-0.4, -0.2) is 50.1 Å². The number of carbonyl (C=O) groups is 2. The molecule has 0 aromatic heterocycles. The number of anilines is 1. The summed E-state index contributed by atoms with van der Waals surface area (Å²) < 4.78 is 10.5. The van der Waals surface area contributed by atoms with E-state index in [1.54, 1.807) is 36.2 Å². The molecule has 1 saturated heterocycles. The van der Waals surface area contributed by atoms with Crippen LogP contribution >= 0.6 is 0 Å². The van der Waals surface area contributed by atoms with Crippen molar-refractivity contribution in [2.45, 2.75) is 26.3 Å². The SMILES string of the molecule is COc1ccc(CC(=O)N2CC(=O)N(c3cccc(C)c3)C[C@@H]2C)cc1OC. The number of nitrogens with zero attached hydrogens (tertiary/aromatic N) is 2. The first-order valence-corrected chi connectivity index (χ1v) is 9.30. The van der Waals surface area contributed by atoms with E-state index in [-0.39, 0.29) is 30.8 Å². The molecule has 0 unspecified atom stereocenters. The van der Waals surface area contributed by atoms with Crippen LogP contribution in [0.4, 0.5) is 5.69 Å². The van der Waals surface area contributed by atoms with Crippen molar-refractivity contribution in [1.82, 2.24) is 4.90 Å². The molecule has 0 radical (unpaired) electrons. The topological polar surface area (TPSA) is 59.1 Å². The lowest BCUT2D eigenvalue weighted by Crippen LogP contribution is -2.57. The van der Waals surface area contributed by atoms with E-state index in [9.17, 15) is 9.59 Å². The zero-order valence-electron chi connectivity index (χ0n) is 16.8. The van der Waals surface area contributed by atoms with Gasteiger partial charge < -0.3 is 19.3 Å². The Hall–Kier alpha value is -3.02. The molecule has 6 nitrogen and oxygen atoms in total. The molecule has 3 rings (SSSR count). The van der Waals surface area contributed by atoms with Gasteiger partial charge >= 0.3 is 0 Å². The Bertz CT molecular complexity index is 881. The van der Waals surface area contributed by atoms with Gasteiger partial charge in [0.25, 0.3) is 0 Å². The Morgan fingerprint density at radius 3 is 2.54 bits per heavy atom. The molecule has 148 valence electrons. The van der Waals surface area contributed by atoms with Crippen molar-refractivity contribution in [2.24, 2.45) is 0 Å². The van der Waals surface area contributed by atoms with Crippen LogP contribution in [0.2, 0.25) is 0 Å². The number of amides is 2. The maximum absolute atomic E-state index is 12.9. The maximum atomic E-state index is 12.9. The van der Waals surface area contributed by atoms with Gasteiger partial charge in [-0.1, -0.05) is 18.2 Å². The molecule has 0 aliphatic carbocycles. The normalized spacial score (nSPS) is 16.9. The van der Waals surface area contributed by atoms with Crippen molar-refractivity contribution < 1.29 is 19.1 Å². The molecule has 28 heavy (non-hydrogen) atoms. The highest BCUT2D eigenvalue weighted by Gasteiger charge is 2.33. The highest BCUT2D eigenvalue weighted by Crippen LogP contribution is 2.28. The predicted octanol–water partition coefficient (Wildman–Crippen LogP) is 2.82. The van der Waals surface area contributed by atoms with Gasteiger partial charge in [0.2, 0.25) is 11.8 Å². The fourth-order valence-electron chi connectivity index (χ4n) is 3.50. The van der Waals surface area contributed by atoms with Gasteiger partial charge in [0.05, 0.1) is 20.6 Å². The highest BCUT2D eigenvalue weighted by atomic mass is 16.5. The molecule has 1 aliphatic heterocycles. The lowest BCUT2D eigenvalue weighted by Gasteiger charge is -2.39. The molecule has 6 heteroatoms. The van der Waals surface area contributed by atoms with E-state index in [1.165, 1.54) is 0 Å². The van der Waals surface area contributed by atoms with Gasteiger partial charge in [-0.25, -0.2) is 0 Å². The number of benzene rings is 2. The van der Waals surface area contributed by atoms with Gasteiger partial charge in [-0.05, 0) is 49.2 Å². The van der Waals surface area contributed by atoms with Gasteiger partial charge in [-0.3, -0.25) is 9.59 Å². The number of hydrogen-bond acceptors (Lipinski definition) is 4. The first-order valence-electron chi connectivity index (χ1n) is 9.30. The van der Waals surface area contributed by atoms with Crippen molar-refractivity contribution in [3.63, 3.8) is 0 Å². The average molecular weight is 382 g/mol. The second-order valence-corrected chi connectivity index (χ2v) is 7.08. The largest absolute Gasteiger partial charge is 0.493 e. The molecule has 2 amide bonds. The number of ether oxygens (including phenoxy) is 2. The maximum Gasteiger partial charge on any atom is 0.246 e. The summed E-state index contributed by atoms with van der Waals surface area (Å²) in [5.41, 5.74) is 2.80. The van der Waals surface area contributed by atoms with Crippen LogP contribution in [-0.2, 0) is 16.0 Å². The number of rotatable bonds is 5. The molecule has 0 saturated carbocycles. The monoisotopic (exact) mass is 382 g/mol. The molecular formula is C22H26N2O4. The summed E-state index contributed by atoms with van der Waals surface area (Å²) in [6, 6.07) is 13.2. The third-order valence-corrected chi connectivity index (χ3v) is 5.02. The third-order valence-electron chi connectivity index (χ3n) is 5.02. The highest BCUT2D eigenvalue weighted by molar-refractivity contribution is 5.98. The Balaban J connectivity index is 1.71. The van der Waals surface area contributed by atoms with Gasteiger partial charge in [0, 0.05) is 18.3 Å². The summed E-state index contributed by atoms with van der Waals surface area (Å²) in [5.74, 6) is 1.07.